The first-order valence-electron chi connectivity index (χ1n) is 8.61. The molecule has 0 saturated carbocycles. The first kappa shape index (κ1) is 17.1. The molecule has 4 rings (SSSR count). The number of halogens is 1. The van der Waals surface area contributed by atoms with E-state index in [1.165, 1.54) is 6.07 Å². The lowest BCUT2D eigenvalue weighted by molar-refractivity contribution is 0.176. The fourth-order valence-electron chi connectivity index (χ4n) is 3.16. The summed E-state index contributed by atoms with van der Waals surface area (Å²) < 4.78 is 18.9. The molecule has 3 heterocycles. The molecule has 8 heteroatoms. The van der Waals surface area contributed by atoms with Crippen molar-refractivity contribution in [1.29, 1.82) is 0 Å². The van der Waals surface area contributed by atoms with E-state index in [4.69, 9.17) is 4.52 Å². The molecule has 7 nitrogen and oxygen atoms in total. The van der Waals surface area contributed by atoms with Crippen LogP contribution in [0.5, 0.6) is 0 Å². The highest BCUT2D eigenvalue weighted by Gasteiger charge is 2.33. The quantitative estimate of drug-likeness (QED) is 0.749. The van der Waals surface area contributed by atoms with Gasteiger partial charge < -0.3 is 14.7 Å². The van der Waals surface area contributed by atoms with E-state index in [2.05, 4.69) is 20.4 Å². The molecule has 1 aliphatic rings. The molecule has 1 N–H and O–H groups in total. The fraction of sp³-hybridized carbons (Fsp3) is 0.263. The van der Waals surface area contributed by atoms with Crippen molar-refractivity contribution in [2.75, 3.05) is 5.32 Å². The first-order chi connectivity index (χ1) is 13.0. The number of aromatic nitrogens is 3. The van der Waals surface area contributed by atoms with Crippen LogP contribution in [0.25, 0.3) is 11.5 Å². The third-order valence-corrected chi connectivity index (χ3v) is 4.66. The Balaban J connectivity index is 1.58. The van der Waals surface area contributed by atoms with Crippen LogP contribution in [0.1, 0.15) is 23.8 Å². The van der Waals surface area contributed by atoms with Gasteiger partial charge in [0.1, 0.15) is 11.6 Å². The minimum atomic E-state index is -0.305. The van der Waals surface area contributed by atoms with Gasteiger partial charge in [0, 0.05) is 36.1 Å². The lowest BCUT2D eigenvalue weighted by Gasteiger charge is -2.32. The summed E-state index contributed by atoms with van der Waals surface area (Å²) in [4.78, 5) is 22.9. The van der Waals surface area contributed by atoms with Crippen LogP contribution in [0.4, 0.5) is 14.9 Å². The normalized spacial score (nSPS) is 16.1. The number of benzene rings is 1. The molecule has 0 aliphatic carbocycles. The Morgan fingerprint density at radius 1 is 1.33 bits per heavy atom. The summed E-state index contributed by atoms with van der Waals surface area (Å²) >= 11 is 0. The van der Waals surface area contributed by atoms with Crippen molar-refractivity contribution in [2.24, 2.45) is 0 Å². The second-order valence-electron chi connectivity index (χ2n) is 6.58. The number of urea groups is 1. The number of hydrogen-bond acceptors (Lipinski definition) is 5. The van der Waals surface area contributed by atoms with Crippen molar-refractivity contribution in [3.05, 3.63) is 59.4 Å². The molecular formula is C19H18FN5O2. The SMILES string of the molecule is Cc1cc(NC(=O)N2Cc3c(-c4ncccn4)noc3C[C@@H]2C)ccc1F. The van der Waals surface area contributed by atoms with Crippen LogP contribution >= 0.6 is 0 Å². The molecule has 1 aromatic carbocycles. The summed E-state index contributed by atoms with van der Waals surface area (Å²) in [5, 5.41) is 6.93. The molecule has 0 fully saturated rings. The van der Waals surface area contributed by atoms with Crippen molar-refractivity contribution < 1.29 is 13.7 Å². The lowest BCUT2D eigenvalue weighted by atomic mass is 10.0. The zero-order valence-electron chi connectivity index (χ0n) is 14.9. The van der Waals surface area contributed by atoms with Gasteiger partial charge in [0.25, 0.3) is 0 Å². The van der Waals surface area contributed by atoms with Gasteiger partial charge in [-0.05, 0) is 43.7 Å². The predicted molar refractivity (Wildman–Crippen MR) is 96.4 cm³/mol. The summed E-state index contributed by atoms with van der Waals surface area (Å²) in [6.45, 7) is 3.93. The van der Waals surface area contributed by atoms with Crippen LogP contribution in [0.15, 0.2) is 41.2 Å². The smallest absolute Gasteiger partial charge is 0.322 e. The zero-order valence-corrected chi connectivity index (χ0v) is 14.9. The zero-order chi connectivity index (χ0) is 19.0. The highest BCUT2D eigenvalue weighted by Crippen LogP contribution is 2.30. The Bertz CT molecular complexity index is 989. The van der Waals surface area contributed by atoms with Crippen molar-refractivity contribution in [3.63, 3.8) is 0 Å². The Labute approximate surface area is 155 Å². The second-order valence-corrected chi connectivity index (χ2v) is 6.58. The number of rotatable bonds is 2. The van der Waals surface area contributed by atoms with Crippen LogP contribution in [0.3, 0.4) is 0 Å². The first-order valence-corrected chi connectivity index (χ1v) is 8.61. The molecule has 2 aromatic heterocycles. The van der Waals surface area contributed by atoms with E-state index in [1.807, 2.05) is 6.92 Å². The van der Waals surface area contributed by atoms with Gasteiger partial charge in [-0.15, -0.1) is 0 Å². The van der Waals surface area contributed by atoms with E-state index < -0.39 is 0 Å². The predicted octanol–water partition coefficient (Wildman–Crippen LogP) is 3.56. The summed E-state index contributed by atoms with van der Waals surface area (Å²) in [6.07, 6.45) is 3.82. The van der Waals surface area contributed by atoms with Gasteiger partial charge in [0.2, 0.25) is 0 Å². The maximum atomic E-state index is 13.4. The lowest BCUT2D eigenvalue weighted by Crippen LogP contribution is -2.44. The number of hydrogen-bond donors (Lipinski definition) is 1. The minimum Gasteiger partial charge on any atom is -0.360 e. The Kier molecular flexibility index (Phi) is 4.31. The third kappa shape index (κ3) is 3.25. The van der Waals surface area contributed by atoms with Crippen molar-refractivity contribution in [2.45, 2.75) is 32.9 Å². The van der Waals surface area contributed by atoms with Crippen LogP contribution < -0.4 is 5.32 Å². The highest BCUT2D eigenvalue weighted by molar-refractivity contribution is 5.90. The summed E-state index contributed by atoms with van der Waals surface area (Å²) in [7, 11) is 0. The second kappa shape index (κ2) is 6.79. The van der Waals surface area contributed by atoms with E-state index in [-0.39, 0.29) is 17.9 Å². The fourth-order valence-corrected chi connectivity index (χ4v) is 3.16. The van der Waals surface area contributed by atoms with Gasteiger partial charge in [-0.25, -0.2) is 19.2 Å². The van der Waals surface area contributed by atoms with Crippen molar-refractivity contribution >= 4 is 11.7 Å². The standard InChI is InChI=1S/C19H18FN5O2/c1-11-8-13(4-5-15(11)20)23-19(26)25-10-14-16(9-12(25)2)27-24-17(14)18-21-6-3-7-22-18/h3-8,12H,9-10H2,1-2H3,(H,23,26)/t12-/m0/s1. The molecule has 1 atom stereocenters. The third-order valence-electron chi connectivity index (χ3n) is 4.66. The molecule has 0 spiro atoms. The van der Waals surface area contributed by atoms with Gasteiger partial charge in [0.05, 0.1) is 6.54 Å². The Morgan fingerprint density at radius 3 is 2.85 bits per heavy atom. The van der Waals surface area contributed by atoms with Crippen LogP contribution in [0, 0.1) is 12.7 Å². The molecule has 1 aliphatic heterocycles. The molecule has 2 amide bonds. The van der Waals surface area contributed by atoms with Gasteiger partial charge in [0.15, 0.2) is 11.5 Å². The number of nitrogens with zero attached hydrogens (tertiary/aromatic N) is 4. The average Bonchev–Trinajstić information content (AvgIpc) is 3.07. The van der Waals surface area contributed by atoms with E-state index in [0.29, 0.717) is 35.7 Å². The van der Waals surface area contributed by atoms with Crippen molar-refractivity contribution in [1.82, 2.24) is 20.0 Å². The molecule has 138 valence electrons. The number of nitrogens with one attached hydrogen (secondary N) is 1. The number of fused-ring (bicyclic) bond motifs is 1. The van der Waals surface area contributed by atoms with E-state index >= 15 is 0 Å². The van der Waals surface area contributed by atoms with Gasteiger partial charge >= 0.3 is 6.03 Å². The molecule has 0 bridgehead atoms. The maximum absolute atomic E-state index is 13.4. The number of carbonyl (C=O) groups is 1. The largest absolute Gasteiger partial charge is 0.360 e. The van der Waals surface area contributed by atoms with Gasteiger partial charge in [-0.2, -0.15) is 0 Å². The van der Waals surface area contributed by atoms with Crippen LogP contribution in [0.2, 0.25) is 0 Å². The van der Waals surface area contributed by atoms with Crippen LogP contribution in [-0.4, -0.2) is 32.1 Å². The van der Waals surface area contributed by atoms with Gasteiger partial charge in [-0.1, -0.05) is 5.16 Å². The molecule has 3 aromatic rings. The molecular weight excluding hydrogens is 349 g/mol. The maximum Gasteiger partial charge on any atom is 0.322 e. The molecule has 0 saturated heterocycles. The van der Waals surface area contributed by atoms with Crippen LogP contribution in [-0.2, 0) is 13.0 Å². The number of anilines is 1. The monoisotopic (exact) mass is 367 g/mol. The van der Waals surface area contributed by atoms with Crippen molar-refractivity contribution in [3.8, 4) is 11.5 Å². The van der Waals surface area contributed by atoms with Gasteiger partial charge in [-0.3, -0.25) is 0 Å². The highest BCUT2D eigenvalue weighted by atomic mass is 19.1. The number of amides is 2. The summed E-state index contributed by atoms with van der Waals surface area (Å²) in [5.41, 5.74) is 2.39. The number of carbonyl (C=O) groups excluding carboxylic acids is 1. The molecule has 0 radical (unpaired) electrons. The minimum absolute atomic E-state index is 0.0727. The van der Waals surface area contributed by atoms with E-state index in [0.717, 1.165) is 11.3 Å². The Morgan fingerprint density at radius 2 is 2.11 bits per heavy atom. The Hall–Kier alpha value is -3.29. The molecule has 0 unspecified atom stereocenters. The van der Waals surface area contributed by atoms with E-state index in [9.17, 15) is 9.18 Å². The topological polar surface area (TPSA) is 84.2 Å². The number of aryl methyl sites for hydroxylation is 1. The molecule has 27 heavy (non-hydrogen) atoms. The summed E-state index contributed by atoms with van der Waals surface area (Å²) in [5.74, 6) is 0.902. The average molecular weight is 367 g/mol. The summed E-state index contributed by atoms with van der Waals surface area (Å²) in [6, 6.07) is 5.88. The van der Waals surface area contributed by atoms with E-state index in [1.54, 1.807) is 42.4 Å².